The number of nitrogens with zero attached hydrogens (tertiary/aromatic N) is 3. The summed E-state index contributed by atoms with van der Waals surface area (Å²) in [6.07, 6.45) is 5.41. The van der Waals surface area contributed by atoms with Crippen molar-refractivity contribution in [3.8, 4) is 5.88 Å². The van der Waals surface area contributed by atoms with Gasteiger partial charge in [0.05, 0.1) is 11.5 Å². The smallest absolute Gasteiger partial charge is 0.374 e. The third kappa shape index (κ3) is 4.30. The lowest BCUT2D eigenvalue weighted by Crippen LogP contribution is -2.15. The predicted molar refractivity (Wildman–Crippen MR) is 75.3 cm³/mol. The highest BCUT2D eigenvalue weighted by Crippen LogP contribution is 2.30. The standard InChI is InChI=1S/C12H21N5O3/c1-3-5-6-9(4-2)7-20-12-10(17(18)19)11(16-13)14-8-15-12/h8-9H,3-7,13H2,1-2H3,(H,14,15,16). The second kappa shape index (κ2) is 8.26. The number of hydrogen-bond acceptors (Lipinski definition) is 7. The zero-order valence-electron chi connectivity index (χ0n) is 11.8. The van der Waals surface area contributed by atoms with Crippen molar-refractivity contribution in [3.63, 3.8) is 0 Å². The molecule has 1 aromatic heterocycles. The molecule has 0 fully saturated rings. The number of unbranched alkanes of at least 4 members (excludes halogenated alkanes) is 1. The minimum absolute atomic E-state index is 0.0482. The van der Waals surface area contributed by atoms with Gasteiger partial charge in [0.2, 0.25) is 5.82 Å². The molecule has 3 N–H and O–H groups in total. The summed E-state index contributed by atoms with van der Waals surface area (Å²) >= 11 is 0. The quantitative estimate of drug-likeness (QED) is 0.405. The molecule has 0 spiro atoms. The molecule has 20 heavy (non-hydrogen) atoms. The Hall–Kier alpha value is -1.96. The van der Waals surface area contributed by atoms with Crippen LogP contribution in [0.4, 0.5) is 11.5 Å². The molecule has 8 nitrogen and oxygen atoms in total. The van der Waals surface area contributed by atoms with E-state index in [2.05, 4.69) is 29.2 Å². The van der Waals surface area contributed by atoms with Gasteiger partial charge in [0.25, 0.3) is 5.88 Å². The Bertz CT molecular complexity index is 441. The van der Waals surface area contributed by atoms with Crippen LogP contribution < -0.4 is 16.0 Å². The van der Waals surface area contributed by atoms with Crippen LogP contribution >= 0.6 is 0 Å². The second-order valence-electron chi connectivity index (χ2n) is 4.50. The van der Waals surface area contributed by atoms with Crippen LogP contribution in [-0.2, 0) is 0 Å². The number of nitrogens with one attached hydrogen (secondary N) is 1. The maximum atomic E-state index is 11.0. The number of aromatic nitrogens is 2. The molecule has 1 atom stereocenters. The Balaban J connectivity index is 2.78. The number of rotatable bonds is 9. The molecule has 1 heterocycles. The number of nitrogens with two attached hydrogens (primary N) is 1. The van der Waals surface area contributed by atoms with Gasteiger partial charge in [-0.1, -0.05) is 33.1 Å². The second-order valence-corrected chi connectivity index (χ2v) is 4.50. The average molecular weight is 283 g/mol. The molecule has 8 heteroatoms. The zero-order valence-corrected chi connectivity index (χ0v) is 11.8. The predicted octanol–water partition coefficient (Wildman–Crippen LogP) is 2.27. The zero-order chi connectivity index (χ0) is 15.0. The minimum atomic E-state index is -0.600. The number of nitrogen functional groups attached to an aromatic ring is 1. The maximum Gasteiger partial charge on any atom is 0.374 e. The van der Waals surface area contributed by atoms with Gasteiger partial charge in [-0.3, -0.25) is 10.1 Å². The molecule has 1 unspecified atom stereocenters. The van der Waals surface area contributed by atoms with Crippen molar-refractivity contribution in [2.45, 2.75) is 39.5 Å². The molecule has 0 aromatic carbocycles. The fraction of sp³-hybridized carbons (Fsp3) is 0.667. The van der Waals surface area contributed by atoms with Crippen molar-refractivity contribution in [1.82, 2.24) is 9.97 Å². The van der Waals surface area contributed by atoms with Crippen LogP contribution in [0.25, 0.3) is 0 Å². The first-order valence-electron chi connectivity index (χ1n) is 6.72. The van der Waals surface area contributed by atoms with E-state index in [1.165, 1.54) is 6.33 Å². The molecular formula is C12H21N5O3. The first kappa shape index (κ1) is 16.1. The lowest BCUT2D eigenvalue weighted by Gasteiger charge is -2.15. The topological polar surface area (TPSA) is 116 Å². The van der Waals surface area contributed by atoms with Crippen LogP contribution in [0.5, 0.6) is 5.88 Å². The first-order chi connectivity index (χ1) is 9.63. The van der Waals surface area contributed by atoms with E-state index in [9.17, 15) is 10.1 Å². The van der Waals surface area contributed by atoms with Gasteiger partial charge in [-0.2, -0.15) is 4.98 Å². The molecular weight excluding hydrogens is 262 g/mol. The molecule has 1 aromatic rings. The summed E-state index contributed by atoms with van der Waals surface area (Å²) in [5.41, 5.74) is 1.85. The first-order valence-corrected chi connectivity index (χ1v) is 6.72. The van der Waals surface area contributed by atoms with E-state index in [0.717, 1.165) is 25.7 Å². The third-order valence-corrected chi connectivity index (χ3v) is 3.11. The SMILES string of the molecule is CCCCC(CC)COc1ncnc(NN)c1[N+](=O)[O-]. The van der Waals surface area contributed by atoms with E-state index in [4.69, 9.17) is 10.6 Å². The molecule has 112 valence electrons. The van der Waals surface area contributed by atoms with Crippen molar-refractivity contribution in [3.05, 3.63) is 16.4 Å². The Kier molecular flexibility index (Phi) is 6.65. The summed E-state index contributed by atoms with van der Waals surface area (Å²) in [5, 5.41) is 11.0. The number of anilines is 1. The van der Waals surface area contributed by atoms with Gasteiger partial charge in [0, 0.05) is 0 Å². The molecule has 0 saturated carbocycles. The number of nitro groups is 1. The fourth-order valence-corrected chi connectivity index (χ4v) is 1.83. The fourth-order valence-electron chi connectivity index (χ4n) is 1.83. The Morgan fingerprint density at radius 1 is 1.50 bits per heavy atom. The van der Waals surface area contributed by atoms with E-state index < -0.39 is 4.92 Å². The molecule has 0 amide bonds. The van der Waals surface area contributed by atoms with Crippen LogP contribution in [0.2, 0.25) is 0 Å². The lowest BCUT2D eigenvalue weighted by molar-refractivity contribution is -0.385. The van der Waals surface area contributed by atoms with Gasteiger partial charge in [-0.05, 0) is 12.3 Å². The largest absolute Gasteiger partial charge is 0.472 e. The van der Waals surface area contributed by atoms with Crippen LogP contribution in [0.3, 0.4) is 0 Å². The maximum absolute atomic E-state index is 11.0. The van der Waals surface area contributed by atoms with Gasteiger partial charge >= 0.3 is 5.69 Å². The monoisotopic (exact) mass is 283 g/mol. The highest BCUT2D eigenvalue weighted by molar-refractivity contribution is 5.60. The highest BCUT2D eigenvalue weighted by atomic mass is 16.6. The average Bonchev–Trinajstić information content (AvgIpc) is 2.46. The molecule has 0 radical (unpaired) electrons. The van der Waals surface area contributed by atoms with Gasteiger partial charge < -0.3 is 10.2 Å². The summed E-state index contributed by atoms with van der Waals surface area (Å²) in [4.78, 5) is 18.0. The Morgan fingerprint density at radius 3 is 2.80 bits per heavy atom. The van der Waals surface area contributed by atoms with Gasteiger partial charge in [0.1, 0.15) is 6.33 Å². The minimum Gasteiger partial charge on any atom is -0.472 e. The normalized spacial score (nSPS) is 11.9. The molecule has 0 aliphatic heterocycles. The van der Waals surface area contributed by atoms with E-state index in [1.54, 1.807) is 0 Å². The number of hydrazine groups is 1. The molecule has 0 bridgehead atoms. The molecule has 1 rings (SSSR count). The van der Waals surface area contributed by atoms with E-state index in [1.807, 2.05) is 0 Å². The van der Waals surface area contributed by atoms with Crippen LogP contribution in [0, 0.1) is 16.0 Å². The lowest BCUT2D eigenvalue weighted by atomic mass is 10.0. The number of ether oxygens (including phenoxy) is 1. The summed E-state index contributed by atoms with van der Waals surface area (Å²) in [5.74, 6) is 5.46. The Labute approximate surface area is 117 Å². The summed E-state index contributed by atoms with van der Waals surface area (Å²) in [7, 11) is 0. The summed E-state index contributed by atoms with van der Waals surface area (Å²) < 4.78 is 5.50. The van der Waals surface area contributed by atoms with Crippen molar-refractivity contribution in [2.24, 2.45) is 11.8 Å². The molecule has 0 aliphatic rings. The van der Waals surface area contributed by atoms with Crippen molar-refractivity contribution < 1.29 is 9.66 Å². The van der Waals surface area contributed by atoms with E-state index in [-0.39, 0.29) is 17.4 Å². The van der Waals surface area contributed by atoms with Crippen molar-refractivity contribution in [2.75, 3.05) is 12.0 Å². The third-order valence-electron chi connectivity index (χ3n) is 3.11. The van der Waals surface area contributed by atoms with Crippen LogP contribution in [0.1, 0.15) is 39.5 Å². The Morgan fingerprint density at radius 2 is 2.25 bits per heavy atom. The van der Waals surface area contributed by atoms with Crippen LogP contribution in [0.15, 0.2) is 6.33 Å². The van der Waals surface area contributed by atoms with E-state index >= 15 is 0 Å². The summed E-state index contributed by atoms with van der Waals surface area (Å²) in [6, 6.07) is 0. The summed E-state index contributed by atoms with van der Waals surface area (Å²) in [6.45, 7) is 4.60. The van der Waals surface area contributed by atoms with E-state index in [0.29, 0.717) is 12.5 Å². The van der Waals surface area contributed by atoms with Crippen molar-refractivity contribution >= 4 is 11.5 Å². The molecule has 0 saturated heterocycles. The van der Waals surface area contributed by atoms with Gasteiger partial charge in [-0.25, -0.2) is 10.8 Å². The van der Waals surface area contributed by atoms with Gasteiger partial charge in [-0.15, -0.1) is 0 Å². The van der Waals surface area contributed by atoms with Crippen molar-refractivity contribution in [1.29, 1.82) is 0 Å². The number of hydrogen-bond donors (Lipinski definition) is 2. The highest BCUT2D eigenvalue weighted by Gasteiger charge is 2.24. The van der Waals surface area contributed by atoms with Crippen LogP contribution in [-0.4, -0.2) is 21.5 Å². The molecule has 0 aliphatic carbocycles. The van der Waals surface area contributed by atoms with Gasteiger partial charge in [0.15, 0.2) is 0 Å².